The lowest BCUT2D eigenvalue weighted by Crippen LogP contribution is -2.48. The first-order chi connectivity index (χ1) is 14.2. The predicted octanol–water partition coefficient (Wildman–Crippen LogP) is 3.46. The van der Waals surface area contributed by atoms with Gasteiger partial charge in [-0.1, -0.05) is 18.2 Å². The summed E-state index contributed by atoms with van der Waals surface area (Å²) in [6.07, 6.45) is 1.96. The molecule has 1 aliphatic rings. The Labute approximate surface area is 178 Å². The molecule has 2 aromatic heterocycles. The molecule has 0 bridgehead atoms. The summed E-state index contributed by atoms with van der Waals surface area (Å²) in [6, 6.07) is 12.0. The molecular formula is C20H23N5O2S2. The number of aromatic nitrogens is 3. The highest BCUT2D eigenvalue weighted by Crippen LogP contribution is 2.30. The average Bonchev–Trinajstić information content (AvgIpc) is 3.38. The molecule has 7 nitrogen and oxygen atoms in total. The van der Waals surface area contributed by atoms with Crippen LogP contribution in [0.15, 0.2) is 41.8 Å². The highest BCUT2D eigenvalue weighted by atomic mass is 32.1. The van der Waals surface area contributed by atoms with E-state index in [1.807, 2.05) is 35.7 Å². The van der Waals surface area contributed by atoms with Crippen molar-refractivity contribution in [2.75, 3.05) is 25.1 Å². The molecule has 3 heterocycles. The second-order valence-corrected chi connectivity index (χ2v) is 8.27. The fraction of sp³-hybridized carbons (Fsp3) is 0.350. The lowest BCUT2D eigenvalue weighted by atomic mass is 10.0. The number of thiophene rings is 1. The second-order valence-electron chi connectivity index (χ2n) is 6.94. The molecule has 3 aromatic rings. The zero-order valence-corrected chi connectivity index (χ0v) is 17.8. The molecule has 2 N–H and O–H groups in total. The predicted molar refractivity (Wildman–Crippen MR) is 117 cm³/mol. The molecule has 1 amide bonds. The van der Waals surface area contributed by atoms with Crippen molar-refractivity contribution in [3.8, 4) is 16.5 Å². The van der Waals surface area contributed by atoms with Gasteiger partial charge in [-0.05, 0) is 48.6 Å². The molecule has 1 aliphatic heterocycles. The number of benzene rings is 1. The Morgan fingerprint density at radius 1 is 1.38 bits per heavy atom. The molecule has 0 aliphatic carbocycles. The average molecular weight is 430 g/mol. The van der Waals surface area contributed by atoms with Crippen molar-refractivity contribution < 1.29 is 9.53 Å². The molecule has 29 heavy (non-hydrogen) atoms. The van der Waals surface area contributed by atoms with Gasteiger partial charge < -0.3 is 15.0 Å². The van der Waals surface area contributed by atoms with E-state index in [4.69, 9.17) is 17.0 Å². The highest BCUT2D eigenvalue weighted by Gasteiger charge is 2.24. The van der Waals surface area contributed by atoms with Gasteiger partial charge in [0.25, 0.3) is 0 Å². The summed E-state index contributed by atoms with van der Waals surface area (Å²) in [4.78, 5) is 16.0. The van der Waals surface area contributed by atoms with E-state index in [-0.39, 0.29) is 18.5 Å². The number of amides is 1. The third-order valence-electron chi connectivity index (χ3n) is 5.01. The molecule has 1 fully saturated rings. The first-order valence-corrected chi connectivity index (χ1v) is 10.8. The largest absolute Gasteiger partial charge is 0.495 e. The molecule has 0 spiro atoms. The lowest BCUT2D eigenvalue weighted by Gasteiger charge is -2.35. The van der Waals surface area contributed by atoms with Crippen molar-refractivity contribution >= 4 is 35.1 Å². The lowest BCUT2D eigenvalue weighted by molar-refractivity contribution is -0.122. The Bertz CT molecular complexity index is 1030. The minimum Gasteiger partial charge on any atom is -0.495 e. The number of anilines is 1. The maximum Gasteiger partial charge on any atom is 0.240 e. The van der Waals surface area contributed by atoms with Gasteiger partial charge in [0.15, 0.2) is 10.6 Å². The van der Waals surface area contributed by atoms with Crippen molar-refractivity contribution in [1.29, 1.82) is 0 Å². The van der Waals surface area contributed by atoms with Crippen LogP contribution in [0.4, 0.5) is 5.69 Å². The number of nitrogens with one attached hydrogen (secondary N) is 2. The van der Waals surface area contributed by atoms with Crippen molar-refractivity contribution in [1.82, 2.24) is 20.1 Å². The number of para-hydroxylation sites is 2. The number of carbonyl (C=O) groups is 1. The molecular weight excluding hydrogens is 406 g/mol. The number of hydrogen-bond donors (Lipinski definition) is 2. The molecule has 0 saturated carbocycles. The molecule has 4 rings (SSSR count). The van der Waals surface area contributed by atoms with Gasteiger partial charge in [0.1, 0.15) is 12.3 Å². The topological polar surface area (TPSA) is 75.2 Å². The molecule has 0 radical (unpaired) electrons. The number of aromatic amines is 1. The number of carbonyl (C=O) groups excluding carboxylic acids is 1. The second kappa shape index (κ2) is 8.79. The number of hydrogen-bond acceptors (Lipinski definition) is 6. The first kappa shape index (κ1) is 19.7. The molecule has 152 valence electrons. The molecule has 1 atom stereocenters. The van der Waals surface area contributed by atoms with Crippen LogP contribution in [0.25, 0.3) is 10.7 Å². The maximum absolute atomic E-state index is 12.8. The summed E-state index contributed by atoms with van der Waals surface area (Å²) >= 11 is 6.90. The highest BCUT2D eigenvalue weighted by molar-refractivity contribution is 7.71. The van der Waals surface area contributed by atoms with E-state index in [9.17, 15) is 4.79 Å². The van der Waals surface area contributed by atoms with E-state index in [1.165, 1.54) is 0 Å². The Balaban J connectivity index is 1.43. The third-order valence-corrected chi connectivity index (χ3v) is 6.19. The van der Waals surface area contributed by atoms with Crippen LogP contribution in [0.2, 0.25) is 0 Å². The molecule has 1 unspecified atom stereocenters. The van der Waals surface area contributed by atoms with Crippen LogP contribution in [0.1, 0.15) is 12.8 Å². The number of rotatable bonds is 6. The minimum atomic E-state index is -0.0628. The van der Waals surface area contributed by atoms with E-state index in [0.29, 0.717) is 10.6 Å². The number of ether oxygens (including phenoxy) is 1. The first-order valence-electron chi connectivity index (χ1n) is 9.52. The molecule has 9 heteroatoms. The Kier molecular flexibility index (Phi) is 5.96. The summed E-state index contributed by atoms with van der Waals surface area (Å²) < 4.78 is 7.69. The van der Waals surface area contributed by atoms with Gasteiger partial charge in [0.05, 0.1) is 17.7 Å². The van der Waals surface area contributed by atoms with Crippen LogP contribution < -0.4 is 15.0 Å². The van der Waals surface area contributed by atoms with E-state index in [2.05, 4.69) is 26.5 Å². The summed E-state index contributed by atoms with van der Waals surface area (Å²) in [6.45, 7) is 1.84. The smallest absolute Gasteiger partial charge is 0.240 e. The van der Waals surface area contributed by atoms with E-state index in [0.717, 1.165) is 42.2 Å². The quantitative estimate of drug-likeness (QED) is 0.587. The summed E-state index contributed by atoms with van der Waals surface area (Å²) in [5.41, 5.74) is 1.06. The van der Waals surface area contributed by atoms with Crippen molar-refractivity contribution in [2.45, 2.75) is 25.4 Å². The van der Waals surface area contributed by atoms with Crippen LogP contribution >= 0.6 is 23.6 Å². The number of piperidine rings is 1. The van der Waals surface area contributed by atoms with Gasteiger partial charge in [-0.15, -0.1) is 11.3 Å². The zero-order valence-electron chi connectivity index (χ0n) is 16.1. The van der Waals surface area contributed by atoms with Crippen LogP contribution in [0.5, 0.6) is 5.75 Å². The molecule has 1 saturated heterocycles. The van der Waals surface area contributed by atoms with E-state index in [1.54, 1.807) is 23.0 Å². The number of nitrogens with zero attached hydrogens (tertiary/aromatic N) is 3. The minimum absolute atomic E-state index is 0.0628. The number of H-pyrrole nitrogens is 1. The van der Waals surface area contributed by atoms with Crippen molar-refractivity contribution in [3.05, 3.63) is 46.5 Å². The normalized spacial score (nSPS) is 16.6. The summed E-state index contributed by atoms with van der Waals surface area (Å²) in [5.74, 6) is 1.48. The fourth-order valence-electron chi connectivity index (χ4n) is 3.68. The van der Waals surface area contributed by atoms with Crippen LogP contribution in [0, 0.1) is 4.77 Å². The van der Waals surface area contributed by atoms with Crippen LogP contribution in [0.3, 0.4) is 0 Å². The van der Waals surface area contributed by atoms with Crippen LogP contribution in [-0.2, 0) is 11.3 Å². The fourth-order valence-corrected chi connectivity index (χ4v) is 4.60. The Hall–Kier alpha value is -2.65. The SMILES string of the molecule is COc1ccccc1N1CCCC(NC(=O)Cn2c(-c3cccs3)n[nH]c2=S)C1. The van der Waals surface area contributed by atoms with Crippen molar-refractivity contribution in [2.24, 2.45) is 0 Å². The summed E-state index contributed by atoms with van der Waals surface area (Å²) in [5, 5.41) is 12.2. The Morgan fingerprint density at radius 3 is 3.03 bits per heavy atom. The third kappa shape index (κ3) is 4.35. The standard InChI is InChI=1S/C20H23N5O2S2/c1-27-16-8-3-2-7-15(16)24-10-4-6-14(12-24)21-18(26)13-25-19(22-23-20(25)28)17-9-5-11-29-17/h2-3,5,7-9,11,14H,4,6,10,12-13H2,1H3,(H,21,26)(H,23,28). The van der Waals surface area contributed by atoms with Gasteiger partial charge in [-0.25, -0.2) is 0 Å². The summed E-state index contributed by atoms with van der Waals surface area (Å²) in [7, 11) is 1.68. The van der Waals surface area contributed by atoms with Crippen LogP contribution in [-0.4, -0.2) is 46.9 Å². The van der Waals surface area contributed by atoms with Gasteiger partial charge >= 0.3 is 0 Å². The van der Waals surface area contributed by atoms with Crippen molar-refractivity contribution in [3.63, 3.8) is 0 Å². The molecule has 1 aromatic carbocycles. The van der Waals surface area contributed by atoms with E-state index >= 15 is 0 Å². The maximum atomic E-state index is 12.8. The van der Waals surface area contributed by atoms with Gasteiger partial charge in [0, 0.05) is 19.1 Å². The monoisotopic (exact) mass is 429 g/mol. The van der Waals surface area contributed by atoms with E-state index < -0.39 is 0 Å². The van der Waals surface area contributed by atoms with Gasteiger partial charge in [0.2, 0.25) is 5.91 Å². The van der Waals surface area contributed by atoms with Gasteiger partial charge in [-0.2, -0.15) is 5.10 Å². The number of methoxy groups -OCH3 is 1. The van der Waals surface area contributed by atoms with Gasteiger partial charge in [-0.3, -0.25) is 14.5 Å². The Morgan fingerprint density at radius 2 is 2.24 bits per heavy atom. The zero-order chi connectivity index (χ0) is 20.2.